The SMILES string of the molecule is CC(C)CCOCCNCCc1ncn(C)n1. The molecule has 0 aliphatic heterocycles. The first kappa shape index (κ1) is 14.1. The highest BCUT2D eigenvalue weighted by Gasteiger charge is 1.98. The van der Waals surface area contributed by atoms with Crippen molar-refractivity contribution in [3.63, 3.8) is 0 Å². The van der Waals surface area contributed by atoms with Crippen molar-refractivity contribution >= 4 is 0 Å². The molecule has 1 heterocycles. The molecule has 0 radical (unpaired) electrons. The summed E-state index contributed by atoms with van der Waals surface area (Å²) in [6, 6.07) is 0. The molecular formula is C12H24N4O. The van der Waals surface area contributed by atoms with Crippen LogP contribution in [0.15, 0.2) is 6.33 Å². The summed E-state index contributed by atoms with van der Waals surface area (Å²) in [6.07, 6.45) is 3.73. The summed E-state index contributed by atoms with van der Waals surface area (Å²) in [6.45, 7) is 7.86. The maximum atomic E-state index is 5.50. The van der Waals surface area contributed by atoms with Crippen molar-refractivity contribution in [1.29, 1.82) is 0 Å². The van der Waals surface area contributed by atoms with Crippen LogP contribution in [0.4, 0.5) is 0 Å². The highest BCUT2D eigenvalue weighted by atomic mass is 16.5. The summed E-state index contributed by atoms with van der Waals surface area (Å²) in [7, 11) is 1.88. The summed E-state index contributed by atoms with van der Waals surface area (Å²) in [5.41, 5.74) is 0. The van der Waals surface area contributed by atoms with Crippen LogP contribution in [0.1, 0.15) is 26.1 Å². The standard InChI is InChI=1S/C12H24N4O/c1-11(2)5-8-17-9-7-13-6-4-12-14-10-16(3)15-12/h10-11,13H,4-9H2,1-3H3. The largest absolute Gasteiger partial charge is 0.380 e. The number of hydrogen-bond donors (Lipinski definition) is 1. The molecule has 0 saturated carbocycles. The summed E-state index contributed by atoms with van der Waals surface area (Å²) in [5.74, 6) is 1.61. The van der Waals surface area contributed by atoms with Gasteiger partial charge in [0, 0.05) is 33.2 Å². The van der Waals surface area contributed by atoms with Crippen LogP contribution >= 0.6 is 0 Å². The van der Waals surface area contributed by atoms with Crippen LogP contribution in [0.3, 0.4) is 0 Å². The van der Waals surface area contributed by atoms with E-state index in [9.17, 15) is 0 Å². The minimum absolute atomic E-state index is 0.721. The average molecular weight is 240 g/mol. The summed E-state index contributed by atoms with van der Waals surface area (Å²) in [5, 5.41) is 7.53. The quantitative estimate of drug-likeness (QED) is 0.655. The zero-order chi connectivity index (χ0) is 12.5. The van der Waals surface area contributed by atoms with E-state index in [1.54, 1.807) is 11.0 Å². The van der Waals surface area contributed by atoms with Crippen LogP contribution in [0.5, 0.6) is 0 Å². The van der Waals surface area contributed by atoms with Crippen LogP contribution in [-0.2, 0) is 18.2 Å². The fraction of sp³-hybridized carbons (Fsp3) is 0.833. The number of aromatic nitrogens is 3. The van der Waals surface area contributed by atoms with Gasteiger partial charge in [0.1, 0.15) is 6.33 Å². The second kappa shape index (κ2) is 8.20. The Labute approximate surface area is 104 Å². The van der Waals surface area contributed by atoms with Crippen molar-refractivity contribution in [2.45, 2.75) is 26.7 Å². The first-order valence-corrected chi connectivity index (χ1v) is 6.31. The maximum absolute atomic E-state index is 5.50. The molecular weight excluding hydrogens is 216 g/mol. The molecule has 0 unspecified atom stereocenters. The lowest BCUT2D eigenvalue weighted by atomic mass is 10.1. The Morgan fingerprint density at radius 1 is 1.35 bits per heavy atom. The Bertz CT molecular complexity index is 298. The number of aryl methyl sites for hydroxylation is 1. The third kappa shape index (κ3) is 7.07. The molecule has 17 heavy (non-hydrogen) atoms. The molecule has 0 spiro atoms. The second-order valence-corrected chi connectivity index (χ2v) is 4.63. The monoisotopic (exact) mass is 240 g/mol. The van der Waals surface area contributed by atoms with E-state index in [0.717, 1.165) is 50.9 Å². The predicted octanol–water partition coefficient (Wildman–Crippen LogP) is 1.01. The van der Waals surface area contributed by atoms with Gasteiger partial charge in [-0.3, -0.25) is 4.68 Å². The Kier molecular flexibility index (Phi) is 6.81. The van der Waals surface area contributed by atoms with Gasteiger partial charge in [-0.15, -0.1) is 0 Å². The van der Waals surface area contributed by atoms with E-state index < -0.39 is 0 Å². The first-order valence-electron chi connectivity index (χ1n) is 6.31. The van der Waals surface area contributed by atoms with Crippen molar-refractivity contribution in [2.24, 2.45) is 13.0 Å². The zero-order valence-corrected chi connectivity index (χ0v) is 11.1. The van der Waals surface area contributed by atoms with E-state index >= 15 is 0 Å². The summed E-state index contributed by atoms with van der Waals surface area (Å²) >= 11 is 0. The van der Waals surface area contributed by atoms with E-state index in [-0.39, 0.29) is 0 Å². The highest BCUT2D eigenvalue weighted by molar-refractivity contribution is 4.81. The third-order valence-corrected chi connectivity index (χ3v) is 2.44. The molecule has 0 amide bonds. The minimum atomic E-state index is 0.721. The van der Waals surface area contributed by atoms with Crippen LogP contribution < -0.4 is 5.32 Å². The molecule has 0 bridgehead atoms. The number of nitrogens with one attached hydrogen (secondary N) is 1. The minimum Gasteiger partial charge on any atom is -0.380 e. The van der Waals surface area contributed by atoms with E-state index in [1.807, 2.05) is 7.05 Å². The summed E-state index contributed by atoms with van der Waals surface area (Å²) < 4.78 is 7.23. The van der Waals surface area contributed by atoms with Gasteiger partial charge in [-0.05, 0) is 12.3 Å². The number of hydrogen-bond acceptors (Lipinski definition) is 4. The zero-order valence-electron chi connectivity index (χ0n) is 11.1. The maximum Gasteiger partial charge on any atom is 0.151 e. The van der Waals surface area contributed by atoms with Crippen LogP contribution in [0.2, 0.25) is 0 Å². The normalized spacial score (nSPS) is 11.3. The van der Waals surface area contributed by atoms with Crippen molar-refractivity contribution in [2.75, 3.05) is 26.3 Å². The molecule has 0 saturated heterocycles. The predicted molar refractivity (Wildman–Crippen MR) is 67.9 cm³/mol. The van der Waals surface area contributed by atoms with Crippen LogP contribution in [0, 0.1) is 5.92 Å². The lowest BCUT2D eigenvalue weighted by Crippen LogP contribution is -2.23. The van der Waals surface area contributed by atoms with Gasteiger partial charge in [-0.25, -0.2) is 4.98 Å². The van der Waals surface area contributed by atoms with Gasteiger partial charge in [0.05, 0.1) is 6.61 Å². The third-order valence-electron chi connectivity index (χ3n) is 2.44. The Morgan fingerprint density at radius 3 is 2.82 bits per heavy atom. The first-order chi connectivity index (χ1) is 8.18. The lowest BCUT2D eigenvalue weighted by Gasteiger charge is -2.06. The molecule has 98 valence electrons. The van der Waals surface area contributed by atoms with Crippen LogP contribution in [-0.4, -0.2) is 41.1 Å². The fourth-order valence-electron chi connectivity index (χ4n) is 1.39. The molecule has 0 aliphatic carbocycles. The topological polar surface area (TPSA) is 52.0 Å². The van der Waals surface area contributed by atoms with Crippen molar-refractivity contribution < 1.29 is 4.74 Å². The van der Waals surface area contributed by atoms with Gasteiger partial charge in [0.15, 0.2) is 5.82 Å². The fourth-order valence-corrected chi connectivity index (χ4v) is 1.39. The molecule has 0 fully saturated rings. The van der Waals surface area contributed by atoms with Gasteiger partial charge < -0.3 is 10.1 Å². The van der Waals surface area contributed by atoms with Gasteiger partial charge in [0.2, 0.25) is 0 Å². The molecule has 1 rings (SSSR count). The molecule has 5 heteroatoms. The molecule has 1 N–H and O–H groups in total. The number of rotatable bonds is 9. The van der Waals surface area contributed by atoms with E-state index in [1.165, 1.54) is 0 Å². The van der Waals surface area contributed by atoms with E-state index in [4.69, 9.17) is 4.74 Å². The van der Waals surface area contributed by atoms with Gasteiger partial charge in [0.25, 0.3) is 0 Å². The van der Waals surface area contributed by atoms with Crippen LogP contribution in [0.25, 0.3) is 0 Å². The Hall–Kier alpha value is -0.940. The van der Waals surface area contributed by atoms with Gasteiger partial charge >= 0.3 is 0 Å². The second-order valence-electron chi connectivity index (χ2n) is 4.63. The smallest absolute Gasteiger partial charge is 0.151 e. The van der Waals surface area contributed by atoms with E-state index in [0.29, 0.717) is 0 Å². The lowest BCUT2D eigenvalue weighted by molar-refractivity contribution is 0.125. The van der Waals surface area contributed by atoms with Crippen molar-refractivity contribution in [3.05, 3.63) is 12.2 Å². The highest BCUT2D eigenvalue weighted by Crippen LogP contribution is 1.98. The molecule has 0 aromatic carbocycles. The Morgan fingerprint density at radius 2 is 2.18 bits per heavy atom. The average Bonchev–Trinajstić information content (AvgIpc) is 2.68. The Balaban J connectivity index is 1.88. The molecule has 1 aromatic heterocycles. The number of ether oxygens (including phenoxy) is 1. The number of nitrogens with zero attached hydrogens (tertiary/aromatic N) is 3. The van der Waals surface area contributed by atoms with Gasteiger partial charge in [-0.1, -0.05) is 13.8 Å². The molecule has 0 atom stereocenters. The van der Waals surface area contributed by atoms with E-state index in [2.05, 4.69) is 29.2 Å². The molecule has 0 aliphatic rings. The van der Waals surface area contributed by atoms with Crippen molar-refractivity contribution in [3.8, 4) is 0 Å². The summed E-state index contributed by atoms with van der Waals surface area (Å²) in [4.78, 5) is 4.16. The molecule has 5 nitrogen and oxygen atoms in total. The van der Waals surface area contributed by atoms with Crippen molar-refractivity contribution in [1.82, 2.24) is 20.1 Å². The van der Waals surface area contributed by atoms with Gasteiger partial charge in [-0.2, -0.15) is 5.10 Å². The molecule has 1 aromatic rings.